The van der Waals surface area contributed by atoms with Crippen LogP contribution in [0.5, 0.6) is 11.5 Å². The van der Waals surface area contributed by atoms with Crippen LogP contribution in [0, 0.1) is 0 Å². The standard InChI is InChI=1S/C34H20O4S6/c35-33-27(17-1-5-19(6-2-17)29-31-25(15-43-29)39-9-11-41-31)21-13-24-22(14-23(21)37-33)28(34(36)38-24)18-3-7-20(8-4-18)30-32-26(16-44-30)40-10-12-42-32/h1-8,13-16H,9-12H2. The molecule has 3 aromatic carbocycles. The normalized spacial score (nSPS) is 16.7. The largest absolute Gasteiger partial charge is 0.422 e. The molecule has 0 atom stereocenters. The lowest BCUT2D eigenvalue weighted by atomic mass is 9.99. The van der Waals surface area contributed by atoms with Crippen molar-refractivity contribution in [1.29, 1.82) is 0 Å². The minimum atomic E-state index is -0.399. The van der Waals surface area contributed by atoms with Crippen LogP contribution in [-0.4, -0.2) is 35.0 Å². The van der Waals surface area contributed by atoms with Crippen molar-refractivity contribution in [3.8, 4) is 32.4 Å². The number of rotatable bonds is 4. The van der Waals surface area contributed by atoms with Crippen molar-refractivity contribution in [3.63, 3.8) is 0 Å². The van der Waals surface area contributed by atoms with Crippen molar-refractivity contribution in [2.75, 3.05) is 23.0 Å². The maximum absolute atomic E-state index is 13.2. The molecule has 0 radical (unpaired) electrons. The highest BCUT2D eigenvalue weighted by Gasteiger charge is 2.31. The molecule has 0 N–H and O–H groups in total. The van der Waals surface area contributed by atoms with Gasteiger partial charge in [-0.3, -0.25) is 0 Å². The third-order valence-corrected chi connectivity index (χ3v) is 15.6. The first-order valence-electron chi connectivity index (χ1n) is 14.0. The SMILES string of the molecule is O=C1Oc2cc3c(cc2=C1c1ccc(-c2scc4c2SCCS4)cc1)OC(=O)C=3c1ccc(-c2scc3c2SCCS3)cc1. The van der Waals surface area contributed by atoms with Gasteiger partial charge in [0.05, 0.1) is 11.1 Å². The van der Waals surface area contributed by atoms with E-state index in [4.69, 9.17) is 9.47 Å². The van der Waals surface area contributed by atoms with Crippen LogP contribution in [0.3, 0.4) is 0 Å². The molecule has 0 unspecified atom stereocenters. The van der Waals surface area contributed by atoms with E-state index in [-0.39, 0.29) is 0 Å². The van der Waals surface area contributed by atoms with Gasteiger partial charge in [-0.1, -0.05) is 48.5 Å². The Balaban J connectivity index is 1.08. The van der Waals surface area contributed by atoms with Crippen molar-refractivity contribution >= 4 is 92.8 Å². The van der Waals surface area contributed by atoms with Crippen LogP contribution in [0.25, 0.3) is 32.0 Å². The molecule has 0 aliphatic carbocycles. The van der Waals surface area contributed by atoms with E-state index in [9.17, 15) is 9.59 Å². The second-order valence-electron chi connectivity index (χ2n) is 10.4. The van der Waals surface area contributed by atoms with E-state index in [1.54, 1.807) is 34.8 Å². The molecule has 0 bridgehead atoms. The first-order valence-corrected chi connectivity index (χ1v) is 19.7. The van der Waals surface area contributed by atoms with Crippen LogP contribution in [0.15, 0.2) is 91.0 Å². The number of ether oxygens (including phenoxy) is 2. The third kappa shape index (κ3) is 4.45. The lowest BCUT2D eigenvalue weighted by molar-refractivity contribution is -0.128. The third-order valence-electron chi connectivity index (χ3n) is 7.91. The highest BCUT2D eigenvalue weighted by atomic mass is 32.2. The molecule has 2 aromatic heterocycles. The Morgan fingerprint density at radius 3 is 1.32 bits per heavy atom. The summed E-state index contributed by atoms with van der Waals surface area (Å²) in [6.07, 6.45) is 0. The van der Waals surface area contributed by atoms with E-state index in [0.29, 0.717) is 33.1 Å². The predicted octanol–water partition coefficient (Wildman–Crippen LogP) is 7.78. The van der Waals surface area contributed by atoms with Gasteiger partial charge in [-0.05, 0) is 34.4 Å². The summed E-state index contributed by atoms with van der Waals surface area (Å²) in [6.45, 7) is 0. The van der Waals surface area contributed by atoms with Gasteiger partial charge in [-0.2, -0.15) is 0 Å². The fraction of sp³-hybridized carbons (Fsp3) is 0.118. The summed E-state index contributed by atoms with van der Waals surface area (Å²) in [6, 6.07) is 19.8. The molecule has 4 aliphatic heterocycles. The average Bonchev–Trinajstić information content (AvgIpc) is 3.82. The van der Waals surface area contributed by atoms with E-state index in [0.717, 1.165) is 45.3 Å². The summed E-state index contributed by atoms with van der Waals surface area (Å²) in [7, 11) is 0. The fourth-order valence-electron chi connectivity index (χ4n) is 5.89. The number of carbonyl (C=O) groups excluding carboxylic acids is 2. The molecule has 0 saturated carbocycles. The minimum Gasteiger partial charge on any atom is -0.422 e. The topological polar surface area (TPSA) is 52.6 Å². The summed E-state index contributed by atoms with van der Waals surface area (Å²) >= 11 is 11.2. The van der Waals surface area contributed by atoms with Crippen LogP contribution in [-0.2, 0) is 9.59 Å². The van der Waals surface area contributed by atoms with Gasteiger partial charge in [0, 0.05) is 73.5 Å². The molecule has 0 amide bonds. The Labute approximate surface area is 278 Å². The summed E-state index contributed by atoms with van der Waals surface area (Å²) in [4.78, 5) is 34.3. The summed E-state index contributed by atoms with van der Waals surface area (Å²) in [5.74, 6) is 4.62. The molecule has 10 heteroatoms. The number of esters is 2. The second kappa shape index (κ2) is 10.9. The average molecular weight is 685 g/mol. The predicted molar refractivity (Wildman–Crippen MR) is 184 cm³/mol. The zero-order valence-electron chi connectivity index (χ0n) is 22.8. The number of hydrogen-bond acceptors (Lipinski definition) is 10. The molecule has 6 heterocycles. The first kappa shape index (κ1) is 27.5. The monoisotopic (exact) mass is 684 g/mol. The lowest BCUT2D eigenvalue weighted by Gasteiger charge is -2.12. The van der Waals surface area contributed by atoms with Crippen molar-refractivity contribution in [1.82, 2.24) is 0 Å². The van der Waals surface area contributed by atoms with Gasteiger partial charge in [-0.25, -0.2) is 9.59 Å². The van der Waals surface area contributed by atoms with Gasteiger partial charge in [0.2, 0.25) is 0 Å². The highest BCUT2D eigenvalue weighted by molar-refractivity contribution is 8.06. The molecule has 4 aliphatic rings. The zero-order chi connectivity index (χ0) is 29.4. The first-order chi connectivity index (χ1) is 21.6. The number of carbonyl (C=O) groups is 2. The smallest absolute Gasteiger partial charge is 0.344 e. The molecule has 4 nitrogen and oxygen atoms in total. The number of thioether (sulfide) groups is 4. The van der Waals surface area contributed by atoms with Gasteiger partial charge < -0.3 is 9.47 Å². The Morgan fingerprint density at radius 1 is 0.500 bits per heavy atom. The number of benzene rings is 3. The second-order valence-corrected chi connectivity index (χ2v) is 16.7. The van der Waals surface area contributed by atoms with E-state index in [1.807, 2.05) is 71.3 Å². The molecule has 0 saturated heterocycles. The molecule has 0 spiro atoms. The highest BCUT2D eigenvalue weighted by Crippen LogP contribution is 2.48. The summed E-state index contributed by atoms with van der Waals surface area (Å²) < 4.78 is 11.5. The Bertz CT molecular complexity index is 2000. The van der Waals surface area contributed by atoms with Crippen LogP contribution < -0.4 is 19.9 Å². The van der Waals surface area contributed by atoms with Crippen LogP contribution >= 0.6 is 69.7 Å². The van der Waals surface area contributed by atoms with Crippen LogP contribution in [0.4, 0.5) is 0 Å². The Hall–Kier alpha value is -2.86. The van der Waals surface area contributed by atoms with Gasteiger partial charge in [0.1, 0.15) is 11.5 Å². The van der Waals surface area contributed by atoms with Crippen molar-refractivity contribution in [2.24, 2.45) is 0 Å². The molecular formula is C34H20O4S6. The quantitative estimate of drug-likeness (QED) is 0.141. The lowest BCUT2D eigenvalue weighted by Crippen LogP contribution is -2.11. The summed E-state index contributed by atoms with van der Waals surface area (Å²) in [5.41, 5.74) is 4.81. The Kier molecular flexibility index (Phi) is 6.79. The Morgan fingerprint density at radius 2 is 0.886 bits per heavy atom. The molecular weight excluding hydrogens is 665 g/mol. The van der Waals surface area contributed by atoms with Gasteiger partial charge in [0.15, 0.2) is 0 Å². The number of hydrogen-bond donors (Lipinski definition) is 0. The number of thiophene rings is 2. The van der Waals surface area contributed by atoms with Crippen LogP contribution in [0.2, 0.25) is 0 Å². The maximum Gasteiger partial charge on any atom is 0.344 e. The number of fused-ring (bicyclic) bond motifs is 4. The summed E-state index contributed by atoms with van der Waals surface area (Å²) in [5, 5.41) is 5.77. The van der Waals surface area contributed by atoms with Gasteiger partial charge in [0.25, 0.3) is 0 Å². The maximum atomic E-state index is 13.2. The van der Waals surface area contributed by atoms with Crippen molar-refractivity contribution < 1.29 is 19.1 Å². The van der Waals surface area contributed by atoms with Gasteiger partial charge in [-0.15, -0.1) is 69.7 Å². The van der Waals surface area contributed by atoms with Crippen LogP contribution in [0.1, 0.15) is 11.1 Å². The van der Waals surface area contributed by atoms with E-state index in [1.165, 1.54) is 29.3 Å². The van der Waals surface area contributed by atoms with Gasteiger partial charge >= 0.3 is 11.9 Å². The van der Waals surface area contributed by atoms with E-state index in [2.05, 4.69) is 35.0 Å². The molecule has 44 heavy (non-hydrogen) atoms. The van der Waals surface area contributed by atoms with Crippen molar-refractivity contribution in [2.45, 2.75) is 19.6 Å². The molecule has 0 fully saturated rings. The minimum absolute atomic E-state index is 0.399. The molecule has 216 valence electrons. The fourth-order valence-corrected chi connectivity index (χ4v) is 13.6. The van der Waals surface area contributed by atoms with E-state index < -0.39 is 11.9 Å². The van der Waals surface area contributed by atoms with Crippen molar-refractivity contribution in [3.05, 3.63) is 93.0 Å². The molecule has 5 aromatic rings. The molecule has 9 rings (SSSR count). The zero-order valence-corrected chi connectivity index (χ0v) is 27.7. The van der Waals surface area contributed by atoms with E-state index >= 15 is 0 Å².